The van der Waals surface area contributed by atoms with Gasteiger partial charge in [-0.25, -0.2) is 4.98 Å². The summed E-state index contributed by atoms with van der Waals surface area (Å²) in [6.45, 7) is 5.95. The van der Waals surface area contributed by atoms with Crippen LogP contribution in [0.2, 0.25) is 0 Å². The topological polar surface area (TPSA) is 56.1 Å². The molecule has 1 atom stereocenters. The van der Waals surface area contributed by atoms with Gasteiger partial charge in [0.1, 0.15) is 18.2 Å². The molecule has 1 unspecified atom stereocenters. The SMILES string of the molecule is CCC(C)c1ccc(OCCn2c(CNC(=O)c3ccccc3)nc3ccccc32)cc1. The first-order valence-corrected chi connectivity index (χ1v) is 11.2. The number of nitrogens with zero attached hydrogens (tertiary/aromatic N) is 2. The van der Waals surface area contributed by atoms with Crippen molar-refractivity contribution in [2.24, 2.45) is 0 Å². The number of rotatable bonds is 9. The molecule has 1 amide bonds. The molecule has 5 nitrogen and oxygen atoms in total. The Morgan fingerprint density at radius 3 is 2.47 bits per heavy atom. The summed E-state index contributed by atoms with van der Waals surface area (Å²) in [5, 5.41) is 2.98. The van der Waals surface area contributed by atoms with Crippen LogP contribution in [0.25, 0.3) is 11.0 Å². The van der Waals surface area contributed by atoms with Crippen molar-refractivity contribution in [2.75, 3.05) is 6.61 Å². The van der Waals surface area contributed by atoms with Gasteiger partial charge >= 0.3 is 0 Å². The van der Waals surface area contributed by atoms with Gasteiger partial charge in [-0.3, -0.25) is 4.79 Å². The lowest BCUT2D eigenvalue weighted by Gasteiger charge is -2.13. The number of imidazole rings is 1. The molecule has 1 N–H and O–H groups in total. The third-order valence-corrected chi connectivity index (χ3v) is 5.82. The summed E-state index contributed by atoms with van der Waals surface area (Å²) in [4.78, 5) is 17.2. The van der Waals surface area contributed by atoms with Crippen LogP contribution in [0.15, 0.2) is 78.9 Å². The Kier molecular flexibility index (Phi) is 6.85. The normalized spacial score (nSPS) is 11.9. The fraction of sp³-hybridized carbons (Fsp3) is 0.259. The van der Waals surface area contributed by atoms with Crippen molar-refractivity contribution in [3.05, 3.63) is 95.8 Å². The zero-order valence-corrected chi connectivity index (χ0v) is 18.6. The standard InChI is InChI=1S/C27H29N3O2/c1-3-20(2)21-13-15-23(16-14-21)32-18-17-30-25-12-8-7-11-24(25)29-26(30)19-28-27(31)22-9-5-4-6-10-22/h4-16,20H,3,17-19H2,1-2H3,(H,28,31). The Labute approximate surface area is 189 Å². The largest absolute Gasteiger partial charge is 0.492 e. The Balaban J connectivity index is 1.44. The first kappa shape index (κ1) is 21.6. The highest BCUT2D eigenvalue weighted by Crippen LogP contribution is 2.22. The van der Waals surface area contributed by atoms with Gasteiger partial charge in [0.25, 0.3) is 5.91 Å². The molecule has 164 valence electrons. The van der Waals surface area contributed by atoms with Crippen molar-refractivity contribution in [3.63, 3.8) is 0 Å². The highest BCUT2D eigenvalue weighted by molar-refractivity contribution is 5.94. The minimum atomic E-state index is -0.109. The molecular formula is C27H29N3O2. The molecule has 0 radical (unpaired) electrons. The van der Waals surface area contributed by atoms with Crippen LogP contribution in [0.3, 0.4) is 0 Å². The number of hydrogen-bond donors (Lipinski definition) is 1. The second kappa shape index (κ2) is 10.1. The van der Waals surface area contributed by atoms with Crippen molar-refractivity contribution in [1.82, 2.24) is 14.9 Å². The number of benzene rings is 3. The van der Waals surface area contributed by atoms with Gasteiger partial charge in [-0.2, -0.15) is 0 Å². The van der Waals surface area contributed by atoms with Crippen LogP contribution in [0.4, 0.5) is 0 Å². The average molecular weight is 428 g/mol. The van der Waals surface area contributed by atoms with Gasteiger partial charge in [0.15, 0.2) is 0 Å². The van der Waals surface area contributed by atoms with Crippen LogP contribution < -0.4 is 10.1 Å². The summed E-state index contributed by atoms with van der Waals surface area (Å²) in [5.41, 5.74) is 3.91. The zero-order valence-electron chi connectivity index (χ0n) is 18.6. The number of para-hydroxylation sites is 2. The molecule has 0 saturated heterocycles. The van der Waals surface area contributed by atoms with E-state index in [1.165, 1.54) is 5.56 Å². The highest BCUT2D eigenvalue weighted by atomic mass is 16.5. The van der Waals surface area contributed by atoms with E-state index in [1.807, 2.05) is 54.6 Å². The van der Waals surface area contributed by atoms with Crippen molar-refractivity contribution in [2.45, 2.75) is 39.3 Å². The van der Waals surface area contributed by atoms with Crippen LogP contribution in [-0.4, -0.2) is 22.1 Å². The minimum Gasteiger partial charge on any atom is -0.492 e. The molecule has 32 heavy (non-hydrogen) atoms. The van der Waals surface area contributed by atoms with Gasteiger partial charge in [-0.1, -0.05) is 56.3 Å². The van der Waals surface area contributed by atoms with Crippen LogP contribution in [-0.2, 0) is 13.1 Å². The summed E-state index contributed by atoms with van der Waals surface area (Å²) >= 11 is 0. The molecule has 5 heteroatoms. The fourth-order valence-electron chi connectivity index (χ4n) is 3.74. The molecule has 0 bridgehead atoms. The van der Waals surface area contributed by atoms with E-state index >= 15 is 0 Å². The maximum atomic E-state index is 12.5. The number of carbonyl (C=O) groups excluding carboxylic acids is 1. The highest BCUT2D eigenvalue weighted by Gasteiger charge is 2.12. The van der Waals surface area contributed by atoms with E-state index in [4.69, 9.17) is 9.72 Å². The van der Waals surface area contributed by atoms with Crippen molar-refractivity contribution in [3.8, 4) is 5.75 Å². The smallest absolute Gasteiger partial charge is 0.251 e. The van der Waals surface area contributed by atoms with Crippen LogP contribution in [0.5, 0.6) is 5.75 Å². The van der Waals surface area contributed by atoms with E-state index < -0.39 is 0 Å². The Morgan fingerprint density at radius 2 is 1.72 bits per heavy atom. The molecule has 1 aromatic heterocycles. The lowest BCUT2D eigenvalue weighted by atomic mass is 9.99. The van der Waals surface area contributed by atoms with E-state index in [1.54, 1.807) is 12.1 Å². The summed E-state index contributed by atoms with van der Waals surface area (Å²) in [6, 6.07) is 25.6. The number of amides is 1. The van der Waals surface area contributed by atoms with Gasteiger partial charge < -0.3 is 14.6 Å². The number of carbonyl (C=O) groups is 1. The summed E-state index contributed by atoms with van der Waals surface area (Å²) in [7, 11) is 0. The summed E-state index contributed by atoms with van der Waals surface area (Å²) < 4.78 is 8.13. The van der Waals surface area contributed by atoms with Gasteiger partial charge in [0.05, 0.1) is 24.1 Å². The Hall–Kier alpha value is -3.60. The van der Waals surface area contributed by atoms with Gasteiger partial charge in [0, 0.05) is 5.56 Å². The first-order chi connectivity index (χ1) is 15.7. The lowest BCUT2D eigenvalue weighted by molar-refractivity contribution is 0.0949. The van der Waals surface area contributed by atoms with E-state index in [0.29, 0.717) is 31.2 Å². The van der Waals surface area contributed by atoms with Gasteiger partial charge in [-0.15, -0.1) is 0 Å². The maximum Gasteiger partial charge on any atom is 0.251 e. The number of fused-ring (bicyclic) bond motifs is 1. The van der Waals surface area contributed by atoms with Crippen LogP contribution in [0.1, 0.15) is 47.9 Å². The van der Waals surface area contributed by atoms with E-state index in [-0.39, 0.29) is 5.91 Å². The molecule has 0 fully saturated rings. The molecule has 1 heterocycles. The number of aromatic nitrogens is 2. The summed E-state index contributed by atoms with van der Waals surface area (Å²) in [5.74, 6) is 2.11. The minimum absolute atomic E-state index is 0.109. The van der Waals surface area contributed by atoms with Gasteiger partial charge in [-0.05, 0) is 54.3 Å². The fourth-order valence-corrected chi connectivity index (χ4v) is 3.74. The molecular weight excluding hydrogens is 398 g/mol. The molecule has 0 aliphatic heterocycles. The number of ether oxygens (including phenoxy) is 1. The predicted octanol–water partition coefficient (Wildman–Crippen LogP) is 5.56. The van der Waals surface area contributed by atoms with Crippen molar-refractivity contribution in [1.29, 1.82) is 0 Å². The second-order valence-corrected chi connectivity index (χ2v) is 7.94. The van der Waals surface area contributed by atoms with E-state index in [2.05, 4.69) is 35.9 Å². The number of nitrogens with one attached hydrogen (secondary N) is 1. The zero-order chi connectivity index (χ0) is 22.3. The predicted molar refractivity (Wildman–Crippen MR) is 128 cm³/mol. The molecule has 0 aliphatic rings. The quantitative estimate of drug-likeness (QED) is 0.380. The number of hydrogen-bond acceptors (Lipinski definition) is 3. The third-order valence-electron chi connectivity index (χ3n) is 5.82. The molecule has 4 aromatic rings. The molecule has 0 spiro atoms. The van der Waals surface area contributed by atoms with Gasteiger partial charge in [0.2, 0.25) is 0 Å². The van der Waals surface area contributed by atoms with Crippen molar-refractivity contribution >= 4 is 16.9 Å². The van der Waals surface area contributed by atoms with Crippen LogP contribution >= 0.6 is 0 Å². The first-order valence-electron chi connectivity index (χ1n) is 11.2. The maximum absolute atomic E-state index is 12.5. The average Bonchev–Trinajstić information content (AvgIpc) is 3.20. The molecule has 0 aliphatic carbocycles. The Bertz CT molecular complexity index is 1170. The molecule has 4 rings (SSSR count). The second-order valence-electron chi connectivity index (χ2n) is 7.94. The van der Waals surface area contributed by atoms with E-state index in [0.717, 1.165) is 29.0 Å². The van der Waals surface area contributed by atoms with E-state index in [9.17, 15) is 4.79 Å². The lowest BCUT2D eigenvalue weighted by Crippen LogP contribution is -2.25. The molecule has 0 saturated carbocycles. The summed E-state index contributed by atoms with van der Waals surface area (Å²) in [6.07, 6.45) is 1.12. The van der Waals surface area contributed by atoms with Crippen LogP contribution in [0, 0.1) is 0 Å². The van der Waals surface area contributed by atoms with Crippen molar-refractivity contribution < 1.29 is 9.53 Å². The Morgan fingerprint density at radius 1 is 1.00 bits per heavy atom. The molecule has 3 aromatic carbocycles. The third kappa shape index (κ3) is 4.99. The monoisotopic (exact) mass is 427 g/mol.